The van der Waals surface area contributed by atoms with Crippen LogP contribution in [-0.4, -0.2) is 32.6 Å². The quantitative estimate of drug-likeness (QED) is 0.0934. The molecule has 0 saturated heterocycles. The van der Waals surface area contributed by atoms with Crippen LogP contribution in [0, 0.1) is 3.57 Å². The van der Waals surface area contributed by atoms with E-state index in [1.807, 2.05) is 89.5 Å². The van der Waals surface area contributed by atoms with Gasteiger partial charge in [0.1, 0.15) is 0 Å². The minimum absolute atomic E-state index is 0.155. The number of hydrogen-bond acceptors (Lipinski definition) is 6. The molecular weight excluding hydrogens is 595 g/mol. The first kappa shape index (κ1) is 25.0. The van der Waals surface area contributed by atoms with Crippen molar-refractivity contribution >= 4 is 62.9 Å². The molecule has 7 nitrogen and oxygen atoms in total. The number of amides is 1. The lowest BCUT2D eigenvalue weighted by Crippen LogP contribution is -2.20. The van der Waals surface area contributed by atoms with Crippen LogP contribution in [0.3, 0.4) is 0 Å². The Morgan fingerprint density at radius 2 is 1.68 bits per heavy atom. The van der Waals surface area contributed by atoms with E-state index < -0.39 is 0 Å². The first-order valence-corrected chi connectivity index (χ1v) is 13.7. The van der Waals surface area contributed by atoms with Crippen molar-refractivity contribution in [2.75, 3.05) is 11.1 Å². The highest BCUT2D eigenvalue weighted by Gasteiger charge is 2.16. The van der Waals surface area contributed by atoms with E-state index in [9.17, 15) is 4.79 Å². The molecule has 0 unspecified atom stereocenters. The summed E-state index contributed by atoms with van der Waals surface area (Å²) in [7, 11) is 0. The van der Waals surface area contributed by atoms with E-state index in [1.54, 1.807) is 6.21 Å². The van der Waals surface area contributed by atoms with Crippen molar-refractivity contribution in [1.82, 2.24) is 20.2 Å². The minimum atomic E-state index is -0.220. The summed E-state index contributed by atoms with van der Waals surface area (Å²) in [5.74, 6) is 0.687. The van der Waals surface area contributed by atoms with Crippen molar-refractivity contribution in [3.05, 3.63) is 112 Å². The Morgan fingerprint density at radius 3 is 2.51 bits per heavy atom. The molecule has 5 rings (SSSR count). The van der Waals surface area contributed by atoms with E-state index in [-0.39, 0.29) is 11.7 Å². The molecule has 0 aliphatic heterocycles. The summed E-state index contributed by atoms with van der Waals surface area (Å²) in [5, 5.41) is 19.2. The van der Waals surface area contributed by atoms with E-state index in [2.05, 4.69) is 60.8 Å². The fraction of sp³-hybridized carbons (Fsp3) is 0.0714. The van der Waals surface area contributed by atoms with Crippen LogP contribution in [-0.2, 0) is 11.3 Å². The van der Waals surface area contributed by atoms with E-state index in [4.69, 9.17) is 0 Å². The summed E-state index contributed by atoms with van der Waals surface area (Å²) in [6.45, 7) is 0.491. The van der Waals surface area contributed by atoms with Gasteiger partial charge in [-0.3, -0.25) is 9.36 Å². The number of hydrazone groups is 1. The van der Waals surface area contributed by atoms with Crippen molar-refractivity contribution in [2.45, 2.75) is 11.7 Å². The highest BCUT2D eigenvalue weighted by molar-refractivity contribution is 14.1. The number of para-hydroxylation sites is 1. The van der Waals surface area contributed by atoms with Crippen LogP contribution in [0.15, 0.2) is 107 Å². The summed E-state index contributed by atoms with van der Waals surface area (Å²) in [5.41, 5.74) is 5.50. The average molecular weight is 619 g/mol. The van der Waals surface area contributed by atoms with Gasteiger partial charge in [0.15, 0.2) is 11.0 Å². The maximum atomic E-state index is 12.5. The van der Waals surface area contributed by atoms with E-state index >= 15 is 0 Å². The van der Waals surface area contributed by atoms with Gasteiger partial charge in [-0.25, -0.2) is 5.43 Å². The molecule has 2 N–H and O–H groups in total. The zero-order valence-electron chi connectivity index (χ0n) is 19.7. The van der Waals surface area contributed by atoms with Gasteiger partial charge in [0.25, 0.3) is 5.91 Å². The SMILES string of the molecule is O=C(CSc1nnc(CNc2ccc(I)cc2)n1-c1ccccc1)N/N=C/c1cccc2ccccc12. The van der Waals surface area contributed by atoms with Crippen molar-refractivity contribution in [3.8, 4) is 5.69 Å². The second-order valence-corrected chi connectivity index (χ2v) is 10.3. The highest BCUT2D eigenvalue weighted by Crippen LogP contribution is 2.23. The maximum Gasteiger partial charge on any atom is 0.250 e. The van der Waals surface area contributed by atoms with Crippen LogP contribution in [0.25, 0.3) is 16.5 Å². The molecule has 0 radical (unpaired) electrons. The van der Waals surface area contributed by atoms with Gasteiger partial charge in [-0.1, -0.05) is 72.4 Å². The fourth-order valence-corrected chi connectivity index (χ4v) is 4.92. The number of benzene rings is 4. The maximum absolute atomic E-state index is 12.5. The smallest absolute Gasteiger partial charge is 0.250 e. The van der Waals surface area contributed by atoms with E-state index in [1.165, 1.54) is 15.3 Å². The molecule has 4 aromatic carbocycles. The average Bonchev–Trinajstić information content (AvgIpc) is 3.35. The molecule has 0 aliphatic carbocycles. The molecule has 184 valence electrons. The number of halogens is 1. The summed E-state index contributed by atoms with van der Waals surface area (Å²) >= 11 is 3.60. The first-order valence-electron chi connectivity index (χ1n) is 11.6. The number of anilines is 1. The number of carbonyl (C=O) groups is 1. The van der Waals surface area contributed by atoms with E-state index in [0.717, 1.165) is 33.5 Å². The van der Waals surface area contributed by atoms with Gasteiger partial charge in [-0.05, 0) is 69.8 Å². The van der Waals surface area contributed by atoms with Crippen LogP contribution in [0.2, 0.25) is 0 Å². The topological polar surface area (TPSA) is 84.2 Å². The van der Waals surface area contributed by atoms with Crippen LogP contribution in [0.1, 0.15) is 11.4 Å². The van der Waals surface area contributed by atoms with Gasteiger partial charge in [-0.15, -0.1) is 10.2 Å². The van der Waals surface area contributed by atoms with Crippen LogP contribution < -0.4 is 10.7 Å². The third-order valence-electron chi connectivity index (χ3n) is 5.56. The van der Waals surface area contributed by atoms with E-state index in [0.29, 0.717) is 11.7 Å². The fourth-order valence-electron chi connectivity index (χ4n) is 3.79. The molecule has 0 atom stereocenters. The largest absolute Gasteiger partial charge is 0.378 e. The lowest BCUT2D eigenvalue weighted by Gasteiger charge is -2.11. The van der Waals surface area contributed by atoms with Gasteiger partial charge in [0.2, 0.25) is 0 Å². The summed E-state index contributed by atoms with van der Waals surface area (Å²) in [6.07, 6.45) is 1.67. The summed E-state index contributed by atoms with van der Waals surface area (Å²) in [4.78, 5) is 12.5. The number of rotatable bonds is 9. The number of hydrogen-bond donors (Lipinski definition) is 2. The van der Waals surface area contributed by atoms with Crippen LogP contribution in [0.4, 0.5) is 5.69 Å². The van der Waals surface area contributed by atoms with Gasteiger partial charge >= 0.3 is 0 Å². The Kier molecular flexibility index (Phi) is 8.11. The predicted molar refractivity (Wildman–Crippen MR) is 158 cm³/mol. The highest BCUT2D eigenvalue weighted by atomic mass is 127. The lowest BCUT2D eigenvalue weighted by molar-refractivity contribution is -0.118. The summed E-state index contributed by atoms with van der Waals surface area (Å²) < 4.78 is 3.14. The van der Waals surface area contributed by atoms with Gasteiger partial charge in [0, 0.05) is 20.5 Å². The molecule has 1 heterocycles. The van der Waals surface area contributed by atoms with Crippen LogP contribution in [0.5, 0.6) is 0 Å². The Hall–Kier alpha value is -3.70. The molecule has 9 heteroatoms. The molecule has 0 spiro atoms. The Morgan fingerprint density at radius 1 is 0.919 bits per heavy atom. The number of fused-ring (bicyclic) bond motifs is 1. The molecule has 37 heavy (non-hydrogen) atoms. The number of nitrogens with one attached hydrogen (secondary N) is 2. The lowest BCUT2D eigenvalue weighted by atomic mass is 10.1. The second-order valence-electron chi connectivity index (χ2n) is 8.08. The van der Waals surface area contributed by atoms with Gasteiger partial charge in [0.05, 0.1) is 18.5 Å². The monoisotopic (exact) mass is 618 g/mol. The second kappa shape index (κ2) is 12.0. The summed E-state index contributed by atoms with van der Waals surface area (Å²) in [6, 6.07) is 32.1. The number of thioether (sulfide) groups is 1. The molecular formula is C28H23IN6OS. The van der Waals surface area contributed by atoms with Crippen molar-refractivity contribution in [1.29, 1.82) is 0 Å². The van der Waals surface area contributed by atoms with Crippen LogP contribution >= 0.6 is 34.4 Å². The van der Waals surface area contributed by atoms with Crippen molar-refractivity contribution in [2.24, 2.45) is 5.10 Å². The Bertz CT molecular complexity index is 1530. The third kappa shape index (κ3) is 6.36. The molecule has 0 aliphatic rings. The van der Waals surface area contributed by atoms with Gasteiger partial charge < -0.3 is 5.32 Å². The zero-order chi connectivity index (χ0) is 25.5. The normalized spacial score (nSPS) is 11.2. The molecule has 5 aromatic rings. The minimum Gasteiger partial charge on any atom is -0.378 e. The standard InChI is InChI=1S/C28H23IN6OS/c29-22-13-15-23(16-14-22)30-18-26-32-34-28(35(26)24-10-2-1-3-11-24)37-19-27(36)33-31-17-21-9-6-8-20-7-4-5-12-25(20)21/h1-17,30H,18-19H2,(H,33,36)/b31-17+. The van der Waals surface area contributed by atoms with Gasteiger partial charge in [-0.2, -0.15) is 5.10 Å². The zero-order valence-corrected chi connectivity index (χ0v) is 22.7. The van der Waals surface area contributed by atoms with Crippen molar-refractivity contribution in [3.63, 3.8) is 0 Å². The number of aromatic nitrogens is 3. The van der Waals surface area contributed by atoms with Crippen molar-refractivity contribution < 1.29 is 4.79 Å². The molecule has 0 saturated carbocycles. The molecule has 1 amide bonds. The third-order valence-corrected chi connectivity index (χ3v) is 7.21. The molecule has 0 fully saturated rings. The molecule has 1 aromatic heterocycles. The number of nitrogens with zero attached hydrogens (tertiary/aromatic N) is 4. The first-order chi connectivity index (χ1) is 18.2. The Labute approximate surface area is 232 Å². The molecule has 0 bridgehead atoms. The predicted octanol–water partition coefficient (Wildman–Crippen LogP) is 5.88. The number of carbonyl (C=O) groups excluding carboxylic acids is 1. The Balaban J connectivity index is 1.25.